The highest BCUT2D eigenvalue weighted by Crippen LogP contribution is 2.28. The number of pyridine rings is 1. The molecule has 1 atom stereocenters. The predicted octanol–water partition coefficient (Wildman–Crippen LogP) is 1.88. The first-order valence-electron chi connectivity index (χ1n) is 8.66. The zero-order chi connectivity index (χ0) is 18.1. The van der Waals surface area contributed by atoms with Crippen LogP contribution in [0.2, 0.25) is 0 Å². The Hall–Kier alpha value is -3.21. The van der Waals surface area contributed by atoms with Gasteiger partial charge in [0.05, 0.1) is 17.1 Å². The van der Waals surface area contributed by atoms with Crippen molar-refractivity contribution in [1.82, 2.24) is 24.7 Å². The maximum atomic E-state index is 9.17. The zero-order valence-electron chi connectivity index (χ0n) is 14.8. The fourth-order valence-corrected chi connectivity index (χ4v) is 3.42. The molecule has 26 heavy (non-hydrogen) atoms. The van der Waals surface area contributed by atoms with E-state index in [1.54, 1.807) is 23.0 Å². The van der Waals surface area contributed by atoms with Crippen LogP contribution < -0.4 is 10.2 Å². The summed E-state index contributed by atoms with van der Waals surface area (Å²) in [5, 5.41) is 17.8. The molecule has 0 spiro atoms. The van der Waals surface area contributed by atoms with Crippen LogP contribution in [0.3, 0.4) is 0 Å². The Labute approximate surface area is 151 Å². The van der Waals surface area contributed by atoms with E-state index in [-0.39, 0.29) is 0 Å². The third-order valence-corrected chi connectivity index (χ3v) is 4.76. The van der Waals surface area contributed by atoms with Crippen LogP contribution in [0.15, 0.2) is 24.5 Å². The third-order valence-electron chi connectivity index (χ3n) is 4.76. The summed E-state index contributed by atoms with van der Waals surface area (Å²) in [6.45, 7) is 4.54. The van der Waals surface area contributed by atoms with Gasteiger partial charge in [0, 0.05) is 32.9 Å². The van der Waals surface area contributed by atoms with Gasteiger partial charge in [0.1, 0.15) is 23.5 Å². The van der Waals surface area contributed by atoms with Crippen LogP contribution in [0, 0.1) is 24.2 Å². The summed E-state index contributed by atoms with van der Waals surface area (Å²) in [4.78, 5) is 15.7. The minimum atomic E-state index is 0.463. The Kier molecular flexibility index (Phi) is 4.13. The van der Waals surface area contributed by atoms with Crippen LogP contribution in [-0.2, 0) is 7.05 Å². The van der Waals surface area contributed by atoms with Gasteiger partial charge in [-0.2, -0.15) is 10.4 Å². The molecule has 0 radical (unpaired) electrons. The van der Waals surface area contributed by atoms with E-state index in [1.807, 2.05) is 20.2 Å². The Morgan fingerprint density at radius 1 is 1.38 bits per heavy atom. The van der Waals surface area contributed by atoms with Crippen molar-refractivity contribution in [1.29, 1.82) is 5.26 Å². The number of nitrogens with zero attached hydrogens (tertiary/aromatic N) is 7. The van der Waals surface area contributed by atoms with Gasteiger partial charge in [-0.3, -0.25) is 4.68 Å². The fraction of sp³-hybridized carbons (Fsp3) is 0.389. The molecule has 0 amide bonds. The summed E-state index contributed by atoms with van der Waals surface area (Å²) in [7, 11) is 1.90. The van der Waals surface area contributed by atoms with Crippen LogP contribution in [0.5, 0.6) is 0 Å². The first kappa shape index (κ1) is 16.3. The molecule has 1 fully saturated rings. The second-order valence-corrected chi connectivity index (χ2v) is 6.59. The average molecular weight is 348 g/mol. The van der Waals surface area contributed by atoms with E-state index < -0.39 is 0 Å². The summed E-state index contributed by atoms with van der Waals surface area (Å²) < 4.78 is 1.78. The van der Waals surface area contributed by atoms with Crippen LogP contribution in [0.25, 0.3) is 11.0 Å². The highest BCUT2D eigenvalue weighted by molar-refractivity contribution is 5.87. The standard InChI is InChI=1S/C18H20N8/c1-12-23-17-15(10-22-25(17)2)18(24-12)26-7-5-13(11-26)9-21-16-14(8-19)4-3-6-20-16/h3-4,6,10,13H,5,7,9,11H2,1-2H3,(H,20,21)/t13-/m0/s1. The molecule has 1 aliphatic rings. The number of hydrogen-bond donors (Lipinski definition) is 1. The Bertz CT molecular complexity index is 987. The molecular formula is C18H20N8. The summed E-state index contributed by atoms with van der Waals surface area (Å²) in [6.07, 6.45) is 4.60. The van der Waals surface area contributed by atoms with Crippen molar-refractivity contribution >= 4 is 22.7 Å². The summed E-state index contributed by atoms with van der Waals surface area (Å²) in [5.74, 6) is 2.83. The number of aryl methyl sites for hydroxylation is 2. The molecular weight excluding hydrogens is 328 g/mol. The minimum Gasteiger partial charge on any atom is -0.369 e. The number of hydrogen-bond acceptors (Lipinski definition) is 7. The maximum Gasteiger partial charge on any atom is 0.163 e. The molecule has 1 aliphatic heterocycles. The second kappa shape index (κ2) is 6.59. The van der Waals surface area contributed by atoms with E-state index in [4.69, 9.17) is 5.26 Å². The van der Waals surface area contributed by atoms with Gasteiger partial charge in [0.15, 0.2) is 5.65 Å². The zero-order valence-corrected chi connectivity index (χ0v) is 14.8. The SMILES string of the molecule is Cc1nc(N2CC[C@@H](CNc3ncccc3C#N)C2)c2cnn(C)c2n1. The molecule has 4 rings (SSSR count). The Morgan fingerprint density at radius 3 is 3.12 bits per heavy atom. The summed E-state index contributed by atoms with van der Waals surface area (Å²) in [5.41, 5.74) is 1.44. The fourth-order valence-electron chi connectivity index (χ4n) is 3.42. The number of nitriles is 1. The molecule has 3 aromatic rings. The molecule has 3 aromatic heterocycles. The maximum absolute atomic E-state index is 9.17. The van der Waals surface area contributed by atoms with E-state index in [9.17, 15) is 0 Å². The van der Waals surface area contributed by atoms with E-state index in [1.165, 1.54) is 0 Å². The summed E-state index contributed by atoms with van der Waals surface area (Å²) >= 11 is 0. The van der Waals surface area contributed by atoms with Gasteiger partial charge in [-0.15, -0.1) is 0 Å². The lowest BCUT2D eigenvalue weighted by Crippen LogP contribution is -2.24. The highest BCUT2D eigenvalue weighted by Gasteiger charge is 2.26. The lowest BCUT2D eigenvalue weighted by molar-refractivity contribution is 0.621. The molecule has 1 N–H and O–H groups in total. The van der Waals surface area contributed by atoms with Crippen molar-refractivity contribution in [2.24, 2.45) is 13.0 Å². The molecule has 8 heteroatoms. The second-order valence-electron chi connectivity index (χ2n) is 6.59. The normalized spacial score (nSPS) is 16.8. The topological polar surface area (TPSA) is 95.5 Å². The minimum absolute atomic E-state index is 0.463. The van der Waals surface area contributed by atoms with Crippen LogP contribution in [0.1, 0.15) is 17.8 Å². The molecule has 0 aliphatic carbocycles. The van der Waals surface area contributed by atoms with E-state index in [0.29, 0.717) is 17.3 Å². The van der Waals surface area contributed by atoms with Crippen LogP contribution in [0.4, 0.5) is 11.6 Å². The number of aromatic nitrogens is 5. The molecule has 132 valence electrons. The van der Waals surface area contributed by atoms with Crippen LogP contribution in [-0.4, -0.2) is 44.4 Å². The van der Waals surface area contributed by atoms with E-state index >= 15 is 0 Å². The lowest BCUT2D eigenvalue weighted by Gasteiger charge is -2.19. The molecule has 0 aromatic carbocycles. The smallest absolute Gasteiger partial charge is 0.163 e. The largest absolute Gasteiger partial charge is 0.369 e. The van der Waals surface area contributed by atoms with Gasteiger partial charge in [0.25, 0.3) is 0 Å². The Balaban J connectivity index is 1.48. The number of rotatable bonds is 4. The first-order valence-corrected chi connectivity index (χ1v) is 8.66. The van der Waals surface area contributed by atoms with Gasteiger partial charge in [0.2, 0.25) is 0 Å². The molecule has 1 saturated heterocycles. The van der Waals surface area contributed by atoms with Crippen LogP contribution >= 0.6 is 0 Å². The van der Waals surface area contributed by atoms with Gasteiger partial charge in [-0.25, -0.2) is 15.0 Å². The molecule has 0 unspecified atom stereocenters. The quantitative estimate of drug-likeness (QED) is 0.769. The van der Waals surface area contributed by atoms with Crippen molar-refractivity contribution in [2.45, 2.75) is 13.3 Å². The van der Waals surface area contributed by atoms with Gasteiger partial charge in [-0.05, 0) is 31.4 Å². The van der Waals surface area contributed by atoms with Crippen molar-refractivity contribution in [2.75, 3.05) is 29.9 Å². The van der Waals surface area contributed by atoms with E-state index in [2.05, 4.69) is 36.3 Å². The number of fused-ring (bicyclic) bond motifs is 1. The van der Waals surface area contributed by atoms with Gasteiger partial charge >= 0.3 is 0 Å². The molecule has 0 saturated carbocycles. The molecule has 8 nitrogen and oxygen atoms in total. The monoisotopic (exact) mass is 348 g/mol. The van der Waals surface area contributed by atoms with Gasteiger partial charge in [-0.1, -0.05) is 0 Å². The first-order chi connectivity index (χ1) is 12.7. The number of nitrogens with one attached hydrogen (secondary N) is 1. The van der Waals surface area contributed by atoms with Crippen molar-refractivity contribution in [3.63, 3.8) is 0 Å². The predicted molar refractivity (Wildman–Crippen MR) is 98.8 cm³/mol. The van der Waals surface area contributed by atoms with Crippen molar-refractivity contribution in [3.8, 4) is 6.07 Å². The highest BCUT2D eigenvalue weighted by atomic mass is 15.3. The number of anilines is 2. The molecule has 0 bridgehead atoms. The summed E-state index contributed by atoms with van der Waals surface area (Å²) in [6, 6.07) is 5.72. The average Bonchev–Trinajstić information content (AvgIpc) is 3.27. The van der Waals surface area contributed by atoms with Crippen molar-refractivity contribution in [3.05, 3.63) is 35.9 Å². The van der Waals surface area contributed by atoms with E-state index in [0.717, 1.165) is 48.7 Å². The van der Waals surface area contributed by atoms with Gasteiger partial charge < -0.3 is 10.2 Å². The Morgan fingerprint density at radius 2 is 2.27 bits per heavy atom. The molecule has 4 heterocycles. The lowest BCUT2D eigenvalue weighted by atomic mass is 10.1. The third kappa shape index (κ3) is 2.92. The van der Waals surface area contributed by atoms with Crippen molar-refractivity contribution < 1.29 is 0 Å².